The topological polar surface area (TPSA) is 107 Å². The molecule has 1 aromatic carbocycles. The van der Waals surface area contributed by atoms with E-state index in [0.29, 0.717) is 0 Å². The summed E-state index contributed by atoms with van der Waals surface area (Å²) in [5.74, 6) is -2.73. The van der Waals surface area contributed by atoms with Crippen LogP contribution in [0, 0.1) is 0 Å². The number of carboxylic acid groups (broad SMARTS) is 2. The summed E-state index contributed by atoms with van der Waals surface area (Å²) in [4.78, 5) is 32.5. The first kappa shape index (κ1) is 22.0. The predicted molar refractivity (Wildman–Crippen MR) is 113 cm³/mol. The average molecular weight is 433 g/mol. The molecule has 0 spiro atoms. The van der Waals surface area contributed by atoms with Gasteiger partial charge in [0.1, 0.15) is 0 Å². The summed E-state index contributed by atoms with van der Waals surface area (Å²) in [7, 11) is 0. The summed E-state index contributed by atoms with van der Waals surface area (Å²) in [5.41, 5.74) is 3.94. The molecule has 30 heavy (non-hydrogen) atoms. The second-order valence-corrected chi connectivity index (χ2v) is 7.79. The molecule has 1 fully saturated rings. The fraction of sp³-hybridized carbons (Fsp3) is 0.429. The molecule has 2 N–H and O–H groups in total. The number of hydrogen-bond acceptors (Lipinski definition) is 6. The largest absolute Gasteiger partial charge is 0.473 e. The van der Waals surface area contributed by atoms with Crippen molar-refractivity contribution >= 4 is 29.5 Å². The minimum Gasteiger partial charge on any atom is -0.473 e. The molecule has 1 aliphatic carbocycles. The molecule has 2 aromatic rings. The lowest BCUT2D eigenvalue weighted by Crippen LogP contribution is -2.46. The van der Waals surface area contributed by atoms with Gasteiger partial charge in [0.25, 0.3) is 0 Å². The van der Waals surface area contributed by atoms with Gasteiger partial charge in [0, 0.05) is 49.6 Å². The van der Waals surface area contributed by atoms with Crippen molar-refractivity contribution in [3.63, 3.8) is 0 Å². The second-order valence-electron chi connectivity index (χ2n) is 7.35. The molecule has 0 atom stereocenters. The number of piperazine rings is 1. The zero-order valence-corrected chi connectivity index (χ0v) is 17.4. The van der Waals surface area contributed by atoms with E-state index in [9.17, 15) is 0 Å². The second kappa shape index (κ2) is 10.4. The van der Waals surface area contributed by atoms with Crippen LogP contribution in [-0.4, -0.2) is 63.2 Å². The maximum Gasteiger partial charge on any atom is 0.414 e. The first-order valence-corrected chi connectivity index (χ1v) is 10.3. The van der Waals surface area contributed by atoms with Crippen molar-refractivity contribution < 1.29 is 19.8 Å². The van der Waals surface area contributed by atoms with Crippen LogP contribution < -0.4 is 4.90 Å². The van der Waals surface area contributed by atoms with Crippen molar-refractivity contribution in [3.8, 4) is 0 Å². The highest BCUT2D eigenvalue weighted by molar-refractivity contribution is 6.30. The summed E-state index contributed by atoms with van der Waals surface area (Å²) in [6, 6.07) is 8.16. The average Bonchev–Trinajstić information content (AvgIpc) is 2.76. The number of carboxylic acids is 2. The van der Waals surface area contributed by atoms with Crippen molar-refractivity contribution in [2.75, 3.05) is 31.1 Å². The zero-order valence-electron chi connectivity index (χ0n) is 16.6. The molecule has 2 heterocycles. The fourth-order valence-electron chi connectivity index (χ4n) is 3.57. The maximum absolute atomic E-state index is 9.10. The summed E-state index contributed by atoms with van der Waals surface area (Å²) in [6.45, 7) is 5.06. The van der Waals surface area contributed by atoms with Crippen LogP contribution in [0.1, 0.15) is 29.7 Å². The molecular formula is C21H25ClN4O4. The third-order valence-corrected chi connectivity index (χ3v) is 5.46. The number of nitrogens with zero attached hydrogens (tertiary/aromatic N) is 4. The van der Waals surface area contributed by atoms with Crippen molar-refractivity contribution in [2.45, 2.75) is 32.2 Å². The number of halogens is 1. The quantitative estimate of drug-likeness (QED) is 0.712. The van der Waals surface area contributed by atoms with E-state index in [1.807, 2.05) is 12.1 Å². The number of hydrogen-bond donors (Lipinski definition) is 2. The van der Waals surface area contributed by atoms with E-state index in [4.69, 9.17) is 36.4 Å². The molecule has 0 bridgehead atoms. The van der Waals surface area contributed by atoms with Crippen LogP contribution in [0.3, 0.4) is 0 Å². The molecule has 2 aliphatic rings. The van der Waals surface area contributed by atoms with E-state index >= 15 is 0 Å². The number of carbonyl (C=O) groups is 2. The van der Waals surface area contributed by atoms with Crippen LogP contribution in [-0.2, 0) is 29.0 Å². The molecule has 1 aromatic heterocycles. The minimum atomic E-state index is -1.82. The third kappa shape index (κ3) is 6.14. The maximum atomic E-state index is 9.10. The third-order valence-electron chi connectivity index (χ3n) is 5.21. The SMILES string of the molecule is Clc1ccc(CN2CCN(c3ncc4c(n3)CCCC4)CC2)cc1.O=C(O)C(=O)O. The Morgan fingerprint density at radius 2 is 1.60 bits per heavy atom. The van der Waals surface area contributed by atoms with E-state index in [1.165, 1.54) is 29.7 Å². The van der Waals surface area contributed by atoms with Gasteiger partial charge in [0.15, 0.2) is 0 Å². The van der Waals surface area contributed by atoms with Crippen molar-refractivity contribution in [3.05, 3.63) is 52.3 Å². The van der Waals surface area contributed by atoms with Gasteiger partial charge in [0.05, 0.1) is 0 Å². The Morgan fingerprint density at radius 3 is 2.23 bits per heavy atom. The van der Waals surface area contributed by atoms with Gasteiger partial charge in [0.2, 0.25) is 5.95 Å². The van der Waals surface area contributed by atoms with Gasteiger partial charge >= 0.3 is 11.9 Å². The van der Waals surface area contributed by atoms with E-state index in [-0.39, 0.29) is 0 Å². The molecule has 1 saturated heterocycles. The highest BCUT2D eigenvalue weighted by Gasteiger charge is 2.21. The number of rotatable bonds is 3. The summed E-state index contributed by atoms with van der Waals surface area (Å²) >= 11 is 5.96. The lowest BCUT2D eigenvalue weighted by molar-refractivity contribution is -0.159. The predicted octanol–water partition coefficient (Wildman–Crippen LogP) is 2.49. The molecule has 4 rings (SSSR count). The van der Waals surface area contributed by atoms with E-state index in [1.54, 1.807) is 0 Å². The first-order chi connectivity index (χ1) is 14.4. The number of anilines is 1. The van der Waals surface area contributed by atoms with E-state index < -0.39 is 11.9 Å². The Balaban J connectivity index is 0.000000377. The smallest absolute Gasteiger partial charge is 0.414 e. The highest BCUT2D eigenvalue weighted by atomic mass is 35.5. The molecule has 0 saturated carbocycles. The summed E-state index contributed by atoms with van der Waals surface area (Å²) in [6.07, 6.45) is 6.85. The van der Waals surface area contributed by atoms with Crippen LogP contribution >= 0.6 is 11.6 Å². The summed E-state index contributed by atoms with van der Waals surface area (Å²) in [5, 5.41) is 15.6. The van der Waals surface area contributed by atoms with Gasteiger partial charge in [-0.3, -0.25) is 4.90 Å². The number of aryl methyl sites for hydroxylation is 2. The first-order valence-electron chi connectivity index (χ1n) is 9.95. The molecule has 8 nitrogen and oxygen atoms in total. The number of aliphatic carboxylic acids is 2. The van der Waals surface area contributed by atoms with Crippen molar-refractivity contribution in [2.24, 2.45) is 0 Å². The Labute approximate surface area is 180 Å². The van der Waals surface area contributed by atoms with E-state index in [0.717, 1.165) is 56.5 Å². The normalized spacial score (nSPS) is 16.2. The summed E-state index contributed by atoms with van der Waals surface area (Å²) < 4.78 is 0. The number of fused-ring (bicyclic) bond motifs is 1. The highest BCUT2D eigenvalue weighted by Crippen LogP contribution is 2.21. The van der Waals surface area contributed by atoms with Gasteiger partial charge < -0.3 is 15.1 Å². The number of aromatic nitrogens is 2. The van der Waals surface area contributed by atoms with Gasteiger partial charge in [-0.1, -0.05) is 23.7 Å². The zero-order chi connectivity index (χ0) is 21.5. The lowest BCUT2D eigenvalue weighted by atomic mass is 9.98. The Hall–Kier alpha value is -2.71. The van der Waals surface area contributed by atoms with Crippen molar-refractivity contribution in [1.29, 1.82) is 0 Å². The van der Waals surface area contributed by atoms with Gasteiger partial charge in [-0.25, -0.2) is 19.6 Å². The fourth-order valence-corrected chi connectivity index (χ4v) is 3.70. The molecule has 9 heteroatoms. The molecule has 0 unspecified atom stereocenters. The van der Waals surface area contributed by atoms with Gasteiger partial charge in [-0.2, -0.15) is 0 Å². The standard InChI is InChI=1S/C19H23ClN4.C2H2O4/c20-17-7-5-15(6-8-17)14-23-9-11-24(12-10-23)19-21-13-16-3-1-2-4-18(16)22-19;3-1(4)2(5)6/h5-8,13H,1-4,9-12,14H2;(H,3,4)(H,5,6). The number of benzene rings is 1. The molecule has 0 amide bonds. The van der Waals surface area contributed by atoms with Crippen LogP contribution in [0.2, 0.25) is 5.02 Å². The van der Waals surface area contributed by atoms with Crippen LogP contribution in [0.5, 0.6) is 0 Å². The minimum absolute atomic E-state index is 0.799. The van der Waals surface area contributed by atoms with Crippen LogP contribution in [0.15, 0.2) is 30.5 Å². The molecule has 160 valence electrons. The Bertz CT molecular complexity index is 871. The Kier molecular flexibility index (Phi) is 7.59. The molecular weight excluding hydrogens is 408 g/mol. The molecule has 1 aliphatic heterocycles. The monoisotopic (exact) mass is 432 g/mol. The van der Waals surface area contributed by atoms with Gasteiger partial charge in [-0.15, -0.1) is 0 Å². The lowest BCUT2D eigenvalue weighted by Gasteiger charge is -2.35. The van der Waals surface area contributed by atoms with E-state index in [2.05, 4.69) is 33.1 Å². The van der Waals surface area contributed by atoms with Crippen LogP contribution in [0.25, 0.3) is 0 Å². The van der Waals surface area contributed by atoms with Crippen LogP contribution in [0.4, 0.5) is 5.95 Å². The molecule has 0 radical (unpaired) electrons. The van der Waals surface area contributed by atoms with Gasteiger partial charge in [-0.05, 0) is 48.9 Å². The Morgan fingerprint density at radius 1 is 0.967 bits per heavy atom. The van der Waals surface area contributed by atoms with Crippen molar-refractivity contribution in [1.82, 2.24) is 14.9 Å².